The number of nitrogens with zero attached hydrogens (tertiary/aromatic N) is 3. The number of benzene rings is 2. The largest absolute Gasteiger partial charge is 0.489 e. The van der Waals surface area contributed by atoms with Gasteiger partial charge in [-0.3, -0.25) is 4.98 Å². The number of hydrogen-bond acceptors (Lipinski definition) is 5. The van der Waals surface area contributed by atoms with Crippen molar-refractivity contribution in [2.24, 2.45) is 0 Å². The fourth-order valence-corrected chi connectivity index (χ4v) is 2.49. The number of aromatic nitrogens is 3. The van der Waals surface area contributed by atoms with Crippen LogP contribution in [0.25, 0.3) is 22.4 Å². The minimum absolute atomic E-state index is 0.227. The molecular formula is C18H12FN3O2. The molecule has 2 heterocycles. The molecule has 0 aliphatic rings. The number of fused-ring (bicyclic) bond motifs is 1. The molecule has 0 saturated heterocycles. The molecule has 2 aromatic heterocycles. The number of pyridine rings is 1. The minimum Gasteiger partial charge on any atom is -0.489 e. The molecule has 4 rings (SSSR count). The van der Waals surface area contributed by atoms with Gasteiger partial charge in [-0.15, -0.1) is 10.2 Å². The smallest absolute Gasteiger partial charge is 0.247 e. The summed E-state index contributed by atoms with van der Waals surface area (Å²) in [7, 11) is 0. The van der Waals surface area contributed by atoms with E-state index in [1.54, 1.807) is 24.4 Å². The summed E-state index contributed by atoms with van der Waals surface area (Å²) in [6.45, 7) is 0.227. The maximum atomic E-state index is 13.7. The van der Waals surface area contributed by atoms with Gasteiger partial charge in [0.1, 0.15) is 18.2 Å². The Labute approximate surface area is 136 Å². The Bertz CT molecular complexity index is 969. The Morgan fingerprint density at radius 2 is 1.96 bits per heavy atom. The molecule has 24 heavy (non-hydrogen) atoms. The van der Waals surface area contributed by atoms with Gasteiger partial charge in [0.25, 0.3) is 0 Å². The Balaban J connectivity index is 1.55. The second-order valence-corrected chi connectivity index (χ2v) is 5.20. The molecule has 0 radical (unpaired) electrons. The fourth-order valence-electron chi connectivity index (χ4n) is 2.49. The zero-order chi connectivity index (χ0) is 16.4. The molecule has 0 amide bonds. The summed E-state index contributed by atoms with van der Waals surface area (Å²) in [6.07, 6.45) is 2.96. The zero-order valence-corrected chi connectivity index (χ0v) is 12.5. The van der Waals surface area contributed by atoms with Crippen LogP contribution in [-0.2, 0) is 6.61 Å². The van der Waals surface area contributed by atoms with Crippen LogP contribution < -0.4 is 4.74 Å². The Morgan fingerprint density at radius 3 is 2.75 bits per heavy atom. The van der Waals surface area contributed by atoms with Crippen molar-refractivity contribution in [3.8, 4) is 17.2 Å². The van der Waals surface area contributed by atoms with Crippen molar-refractivity contribution in [2.45, 2.75) is 6.61 Å². The topological polar surface area (TPSA) is 61.0 Å². The summed E-state index contributed by atoms with van der Waals surface area (Å²) < 4.78 is 24.6. The quantitative estimate of drug-likeness (QED) is 0.568. The molecule has 0 atom stereocenters. The summed E-state index contributed by atoms with van der Waals surface area (Å²) in [5.41, 5.74) is 2.24. The van der Waals surface area contributed by atoms with E-state index in [9.17, 15) is 4.39 Å². The van der Waals surface area contributed by atoms with Crippen molar-refractivity contribution >= 4 is 10.9 Å². The molecule has 4 aromatic rings. The zero-order valence-electron chi connectivity index (χ0n) is 12.5. The highest BCUT2D eigenvalue weighted by molar-refractivity contribution is 5.81. The van der Waals surface area contributed by atoms with E-state index in [1.165, 1.54) is 18.5 Å². The standard InChI is InChI=1S/C18H12FN3O2/c19-15-8-13-2-1-7-20-17(13)14(9-15)10-23-16-5-3-12(4-6-16)18-22-21-11-24-18/h1-9,11H,10H2. The van der Waals surface area contributed by atoms with Gasteiger partial charge in [0.05, 0.1) is 5.52 Å². The highest BCUT2D eigenvalue weighted by Gasteiger charge is 2.07. The highest BCUT2D eigenvalue weighted by Crippen LogP contribution is 2.23. The highest BCUT2D eigenvalue weighted by atomic mass is 19.1. The van der Waals surface area contributed by atoms with Gasteiger partial charge in [0, 0.05) is 22.7 Å². The first kappa shape index (κ1) is 14.3. The van der Waals surface area contributed by atoms with Crippen LogP contribution in [0.4, 0.5) is 4.39 Å². The second kappa shape index (κ2) is 6.08. The predicted molar refractivity (Wildman–Crippen MR) is 85.8 cm³/mol. The van der Waals surface area contributed by atoms with E-state index in [2.05, 4.69) is 15.2 Å². The lowest BCUT2D eigenvalue weighted by Crippen LogP contribution is -1.98. The van der Waals surface area contributed by atoms with Crippen molar-refractivity contribution in [2.75, 3.05) is 0 Å². The SMILES string of the molecule is Fc1cc(COc2ccc(-c3nnco3)cc2)c2ncccc2c1. The Kier molecular flexibility index (Phi) is 3.63. The van der Waals surface area contributed by atoms with Gasteiger partial charge >= 0.3 is 0 Å². The molecule has 0 N–H and O–H groups in total. The van der Waals surface area contributed by atoms with Crippen LogP contribution in [-0.4, -0.2) is 15.2 Å². The van der Waals surface area contributed by atoms with E-state index < -0.39 is 0 Å². The predicted octanol–water partition coefficient (Wildman–Crippen LogP) is 4.00. The number of hydrogen-bond donors (Lipinski definition) is 0. The maximum absolute atomic E-state index is 13.7. The second-order valence-electron chi connectivity index (χ2n) is 5.20. The van der Waals surface area contributed by atoms with Crippen LogP contribution in [0.3, 0.4) is 0 Å². The van der Waals surface area contributed by atoms with E-state index >= 15 is 0 Å². The van der Waals surface area contributed by atoms with Crippen molar-refractivity contribution in [1.82, 2.24) is 15.2 Å². The Morgan fingerprint density at radius 1 is 1.08 bits per heavy atom. The summed E-state index contributed by atoms with van der Waals surface area (Å²) in [5.74, 6) is 0.800. The third-order valence-corrected chi connectivity index (χ3v) is 3.60. The van der Waals surface area contributed by atoms with Crippen LogP contribution in [0, 0.1) is 5.82 Å². The first-order valence-electron chi connectivity index (χ1n) is 7.32. The maximum Gasteiger partial charge on any atom is 0.247 e. The molecule has 0 bridgehead atoms. The molecule has 6 heteroatoms. The van der Waals surface area contributed by atoms with Crippen LogP contribution in [0.15, 0.2) is 65.5 Å². The average Bonchev–Trinajstić information content (AvgIpc) is 3.14. The van der Waals surface area contributed by atoms with Crippen molar-refractivity contribution < 1.29 is 13.5 Å². The van der Waals surface area contributed by atoms with E-state index in [1.807, 2.05) is 18.2 Å². The lowest BCUT2D eigenvalue weighted by Gasteiger charge is -2.09. The number of halogens is 1. The van der Waals surface area contributed by atoms with Crippen molar-refractivity contribution in [3.05, 3.63) is 72.5 Å². The van der Waals surface area contributed by atoms with Gasteiger partial charge in [-0.2, -0.15) is 0 Å². The average molecular weight is 321 g/mol. The van der Waals surface area contributed by atoms with E-state index in [0.717, 1.165) is 16.5 Å². The van der Waals surface area contributed by atoms with Crippen LogP contribution in [0.5, 0.6) is 5.75 Å². The molecule has 0 saturated carbocycles. The van der Waals surface area contributed by atoms with Crippen LogP contribution in [0.2, 0.25) is 0 Å². The molecule has 0 spiro atoms. The molecule has 0 fully saturated rings. The first-order chi connectivity index (χ1) is 11.8. The number of rotatable bonds is 4. The van der Waals surface area contributed by atoms with Crippen LogP contribution in [0.1, 0.15) is 5.56 Å². The van der Waals surface area contributed by atoms with Gasteiger partial charge in [-0.05, 0) is 42.5 Å². The molecule has 118 valence electrons. The summed E-state index contributed by atoms with van der Waals surface area (Å²) in [5, 5.41) is 8.24. The Hall–Kier alpha value is -3.28. The van der Waals surface area contributed by atoms with E-state index in [-0.39, 0.29) is 12.4 Å². The number of ether oxygens (including phenoxy) is 1. The molecule has 5 nitrogen and oxygen atoms in total. The molecule has 2 aromatic carbocycles. The van der Waals surface area contributed by atoms with Crippen molar-refractivity contribution in [1.29, 1.82) is 0 Å². The lowest BCUT2D eigenvalue weighted by atomic mass is 10.1. The summed E-state index contributed by atoms with van der Waals surface area (Å²) in [4.78, 5) is 4.31. The van der Waals surface area contributed by atoms with Gasteiger partial charge in [-0.1, -0.05) is 6.07 Å². The van der Waals surface area contributed by atoms with Crippen molar-refractivity contribution in [3.63, 3.8) is 0 Å². The van der Waals surface area contributed by atoms with E-state index in [4.69, 9.17) is 9.15 Å². The van der Waals surface area contributed by atoms with Gasteiger partial charge in [0.15, 0.2) is 0 Å². The van der Waals surface area contributed by atoms with Gasteiger partial charge < -0.3 is 9.15 Å². The summed E-state index contributed by atoms with van der Waals surface area (Å²) >= 11 is 0. The van der Waals surface area contributed by atoms with Gasteiger partial charge in [0.2, 0.25) is 12.3 Å². The van der Waals surface area contributed by atoms with Gasteiger partial charge in [-0.25, -0.2) is 4.39 Å². The minimum atomic E-state index is -0.305. The molecular weight excluding hydrogens is 309 g/mol. The summed E-state index contributed by atoms with van der Waals surface area (Å²) in [6, 6.07) is 13.8. The first-order valence-corrected chi connectivity index (χ1v) is 7.32. The normalized spacial score (nSPS) is 10.9. The molecule has 0 aliphatic carbocycles. The third-order valence-electron chi connectivity index (χ3n) is 3.60. The van der Waals surface area contributed by atoms with E-state index in [0.29, 0.717) is 17.2 Å². The monoisotopic (exact) mass is 321 g/mol. The lowest BCUT2D eigenvalue weighted by molar-refractivity contribution is 0.307. The molecule has 0 unspecified atom stereocenters. The third kappa shape index (κ3) is 2.81. The fraction of sp³-hybridized carbons (Fsp3) is 0.0556. The molecule has 0 aliphatic heterocycles. The van der Waals surface area contributed by atoms with Crippen LogP contribution >= 0.6 is 0 Å².